The van der Waals surface area contributed by atoms with Gasteiger partial charge >= 0.3 is 0 Å². The van der Waals surface area contributed by atoms with Crippen LogP contribution in [-0.2, 0) is 17.6 Å². The molecule has 3 aromatic rings. The monoisotopic (exact) mass is 482 g/mol. The van der Waals surface area contributed by atoms with Gasteiger partial charge in [0.2, 0.25) is 0 Å². The molecule has 0 aliphatic heterocycles. The highest BCUT2D eigenvalue weighted by Crippen LogP contribution is 2.37. The predicted molar refractivity (Wildman–Crippen MR) is 132 cm³/mol. The van der Waals surface area contributed by atoms with Gasteiger partial charge in [0.1, 0.15) is 12.4 Å². The van der Waals surface area contributed by atoms with Gasteiger partial charge in [0.25, 0.3) is 0 Å². The molecule has 2 nitrogen and oxygen atoms in total. The van der Waals surface area contributed by atoms with E-state index in [-0.39, 0.29) is 5.04 Å². The second kappa shape index (κ2) is 9.50. The normalized spacial score (nSPS) is 12.1. The zero-order chi connectivity index (χ0) is 21.8. The van der Waals surface area contributed by atoms with Crippen LogP contribution in [-0.4, -0.2) is 8.32 Å². The first-order chi connectivity index (χ1) is 14.1. The molecule has 0 fully saturated rings. The first-order valence-corrected chi connectivity index (χ1v) is 14.0. The molecule has 0 N–H and O–H groups in total. The van der Waals surface area contributed by atoms with E-state index in [0.29, 0.717) is 13.2 Å². The number of halogens is 1. The van der Waals surface area contributed by atoms with E-state index in [4.69, 9.17) is 9.16 Å². The fourth-order valence-electron chi connectivity index (χ4n) is 2.91. The van der Waals surface area contributed by atoms with Gasteiger partial charge in [0.15, 0.2) is 8.32 Å². The number of ether oxygens (including phenoxy) is 1. The second-order valence-electron chi connectivity index (χ2n) is 9.20. The van der Waals surface area contributed by atoms with E-state index >= 15 is 0 Å². The Morgan fingerprint density at radius 3 is 2.17 bits per heavy atom. The molecule has 0 radical (unpaired) electrons. The van der Waals surface area contributed by atoms with Crippen LogP contribution in [0.3, 0.4) is 0 Å². The molecule has 4 heteroatoms. The summed E-state index contributed by atoms with van der Waals surface area (Å²) in [4.78, 5) is 0. The van der Waals surface area contributed by atoms with Crippen LogP contribution in [0.25, 0.3) is 11.1 Å². The molecular formula is C26H31BrO2Si. The summed E-state index contributed by atoms with van der Waals surface area (Å²) in [6, 6.07) is 25.1. The zero-order valence-corrected chi connectivity index (χ0v) is 21.1. The quantitative estimate of drug-likeness (QED) is 0.315. The van der Waals surface area contributed by atoms with Crippen molar-refractivity contribution in [3.8, 4) is 16.9 Å². The van der Waals surface area contributed by atoms with E-state index in [1.807, 2.05) is 12.1 Å². The summed E-state index contributed by atoms with van der Waals surface area (Å²) >= 11 is 3.62. The summed E-state index contributed by atoms with van der Waals surface area (Å²) in [7, 11) is -1.79. The highest BCUT2D eigenvalue weighted by atomic mass is 79.9. The van der Waals surface area contributed by atoms with Gasteiger partial charge in [-0.3, -0.25) is 0 Å². The Labute approximate surface area is 190 Å². The Morgan fingerprint density at radius 1 is 0.767 bits per heavy atom. The first kappa shape index (κ1) is 22.8. The lowest BCUT2D eigenvalue weighted by Crippen LogP contribution is -2.40. The number of benzene rings is 3. The summed E-state index contributed by atoms with van der Waals surface area (Å²) < 4.78 is 13.5. The average Bonchev–Trinajstić information content (AvgIpc) is 2.71. The molecule has 0 saturated heterocycles. The van der Waals surface area contributed by atoms with Gasteiger partial charge in [-0.15, -0.1) is 0 Å². The van der Waals surface area contributed by atoms with Gasteiger partial charge in [-0.2, -0.15) is 0 Å². The van der Waals surface area contributed by atoms with Crippen molar-refractivity contribution in [1.82, 2.24) is 0 Å². The van der Waals surface area contributed by atoms with Crippen LogP contribution >= 0.6 is 15.9 Å². The Kier molecular flexibility index (Phi) is 7.22. The molecule has 0 aromatic heterocycles. The molecule has 0 amide bonds. The van der Waals surface area contributed by atoms with Crippen LogP contribution in [0.1, 0.15) is 31.9 Å². The molecule has 0 saturated carbocycles. The smallest absolute Gasteiger partial charge is 0.192 e. The fourth-order valence-corrected chi connectivity index (χ4v) is 4.39. The van der Waals surface area contributed by atoms with Gasteiger partial charge in [0.05, 0.1) is 6.61 Å². The van der Waals surface area contributed by atoms with Gasteiger partial charge in [-0.25, -0.2) is 0 Å². The molecule has 0 aliphatic rings. The summed E-state index contributed by atoms with van der Waals surface area (Å²) in [6.07, 6.45) is 0. The molecule has 3 aromatic carbocycles. The molecular weight excluding hydrogens is 452 g/mol. The van der Waals surface area contributed by atoms with Crippen molar-refractivity contribution in [2.45, 2.75) is 52.1 Å². The van der Waals surface area contributed by atoms with Gasteiger partial charge in [-0.05, 0) is 64.7 Å². The van der Waals surface area contributed by atoms with Crippen molar-refractivity contribution in [2.24, 2.45) is 0 Å². The summed E-state index contributed by atoms with van der Waals surface area (Å²) in [5, 5.41) is 0.197. The minimum Gasteiger partial charge on any atom is -0.489 e. The Balaban J connectivity index is 1.68. The molecule has 30 heavy (non-hydrogen) atoms. The Bertz CT molecular complexity index is 978. The van der Waals surface area contributed by atoms with Crippen molar-refractivity contribution in [2.75, 3.05) is 0 Å². The average molecular weight is 484 g/mol. The van der Waals surface area contributed by atoms with Gasteiger partial charge in [0, 0.05) is 4.47 Å². The molecule has 158 valence electrons. The lowest BCUT2D eigenvalue weighted by atomic mass is 10.0. The van der Waals surface area contributed by atoms with Gasteiger partial charge < -0.3 is 9.16 Å². The van der Waals surface area contributed by atoms with Crippen molar-refractivity contribution < 1.29 is 9.16 Å². The first-order valence-electron chi connectivity index (χ1n) is 10.3. The maximum absolute atomic E-state index is 6.38. The minimum absolute atomic E-state index is 0.197. The maximum atomic E-state index is 6.38. The second-order valence-corrected chi connectivity index (χ2v) is 14.9. The van der Waals surface area contributed by atoms with Crippen LogP contribution in [0.4, 0.5) is 0 Å². The molecule has 3 rings (SSSR count). The molecule has 0 spiro atoms. The van der Waals surface area contributed by atoms with Crippen molar-refractivity contribution in [3.05, 3.63) is 88.4 Å². The number of hydrogen-bond acceptors (Lipinski definition) is 2. The van der Waals surface area contributed by atoms with E-state index in [1.54, 1.807) is 0 Å². The molecule has 0 unspecified atom stereocenters. The van der Waals surface area contributed by atoms with E-state index in [1.165, 1.54) is 11.1 Å². The molecule has 0 bridgehead atoms. The van der Waals surface area contributed by atoms with Crippen molar-refractivity contribution >= 4 is 24.2 Å². The molecule has 0 heterocycles. The third-order valence-electron chi connectivity index (χ3n) is 5.78. The molecule has 0 aliphatic carbocycles. The van der Waals surface area contributed by atoms with Crippen molar-refractivity contribution in [3.63, 3.8) is 0 Å². The predicted octanol–water partition coefficient (Wildman–Crippen LogP) is 8.22. The standard InChI is InChI=1S/C26H31BrO2Si/c1-26(2,3)30(4,5)29-19-21-15-24(27)17-25(16-21)28-18-20-10-9-13-23(14-20)22-11-7-6-8-12-22/h6-17H,18-19H2,1-5H3. The lowest BCUT2D eigenvalue weighted by Gasteiger charge is -2.36. The minimum atomic E-state index is -1.79. The van der Waals surface area contributed by atoms with E-state index in [0.717, 1.165) is 21.3 Å². The van der Waals surface area contributed by atoms with Crippen LogP contribution in [0.2, 0.25) is 18.1 Å². The lowest BCUT2D eigenvalue weighted by molar-refractivity contribution is 0.273. The van der Waals surface area contributed by atoms with Crippen LogP contribution < -0.4 is 4.74 Å². The van der Waals surface area contributed by atoms with Crippen LogP contribution in [0.5, 0.6) is 5.75 Å². The topological polar surface area (TPSA) is 18.5 Å². The third kappa shape index (κ3) is 6.07. The SMILES string of the molecule is CC(C)(C)[Si](C)(C)OCc1cc(Br)cc(OCc2cccc(-c3ccccc3)c2)c1. The summed E-state index contributed by atoms with van der Waals surface area (Å²) in [5.74, 6) is 0.850. The largest absolute Gasteiger partial charge is 0.489 e. The number of rotatable bonds is 7. The van der Waals surface area contributed by atoms with E-state index in [2.05, 4.69) is 110 Å². The highest BCUT2D eigenvalue weighted by Gasteiger charge is 2.37. The Hall–Kier alpha value is -1.88. The summed E-state index contributed by atoms with van der Waals surface area (Å²) in [5.41, 5.74) is 4.69. The fraction of sp³-hybridized carbons (Fsp3) is 0.308. The maximum Gasteiger partial charge on any atom is 0.192 e. The van der Waals surface area contributed by atoms with Gasteiger partial charge in [-0.1, -0.05) is 85.2 Å². The summed E-state index contributed by atoms with van der Waals surface area (Å²) in [6.45, 7) is 12.5. The van der Waals surface area contributed by atoms with E-state index < -0.39 is 8.32 Å². The highest BCUT2D eigenvalue weighted by molar-refractivity contribution is 9.10. The third-order valence-corrected chi connectivity index (χ3v) is 10.7. The molecule has 0 atom stereocenters. The van der Waals surface area contributed by atoms with E-state index in [9.17, 15) is 0 Å². The van der Waals surface area contributed by atoms with Crippen molar-refractivity contribution in [1.29, 1.82) is 0 Å². The number of hydrogen-bond donors (Lipinski definition) is 0. The van der Waals surface area contributed by atoms with Crippen LogP contribution in [0.15, 0.2) is 77.3 Å². The van der Waals surface area contributed by atoms with Crippen LogP contribution in [0, 0.1) is 0 Å². The Morgan fingerprint density at radius 2 is 1.47 bits per heavy atom. The zero-order valence-electron chi connectivity index (χ0n) is 18.5.